The van der Waals surface area contributed by atoms with Crippen molar-refractivity contribution in [2.75, 3.05) is 20.4 Å². The van der Waals surface area contributed by atoms with Crippen LogP contribution in [0, 0.1) is 6.92 Å². The Morgan fingerprint density at radius 3 is 2.96 bits per heavy atom. The molecular formula is C18H22N2O4. The fourth-order valence-corrected chi connectivity index (χ4v) is 3.57. The highest BCUT2D eigenvalue weighted by Crippen LogP contribution is 2.42. The molecule has 6 heteroatoms. The number of benzene rings is 1. The zero-order valence-corrected chi connectivity index (χ0v) is 14.1. The summed E-state index contributed by atoms with van der Waals surface area (Å²) in [5.74, 6) is 3.05. The van der Waals surface area contributed by atoms with E-state index in [1.54, 1.807) is 7.11 Å². The summed E-state index contributed by atoms with van der Waals surface area (Å²) in [5.41, 5.74) is 2.18. The number of aromatic nitrogens is 1. The fourth-order valence-electron chi connectivity index (χ4n) is 3.57. The molecule has 1 fully saturated rings. The monoisotopic (exact) mass is 330 g/mol. The smallest absolute Gasteiger partial charge is 0.231 e. The van der Waals surface area contributed by atoms with Crippen molar-refractivity contribution >= 4 is 0 Å². The number of fused-ring (bicyclic) bond motifs is 1. The van der Waals surface area contributed by atoms with E-state index in [4.69, 9.17) is 18.7 Å². The van der Waals surface area contributed by atoms with Crippen molar-refractivity contribution in [2.24, 2.45) is 0 Å². The maximum absolute atomic E-state index is 5.54. The van der Waals surface area contributed by atoms with Crippen LogP contribution in [0.5, 0.6) is 17.2 Å². The molecule has 0 bridgehead atoms. The molecule has 0 saturated carbocycles. The predicted molar refractivity (Wildman–Crippen MR) is 87.4 cm³/mol. The van der Waals surface area contributed by atoms with Gasteiger partial charge in [0.15, 0.2) is 11.5 Å². The van der Waals surface area contributed by atoms with E-state index in [9.17, 15) is 0 Å². The Labute approximate surface area is 141 Å². The van der Waals surface area contributed by atoms with Gasteiger partial charge in [-0.3, -0.25) is 4.90 Å². The number of nitrogens with zero attached hydrogens (tertiary/aromatic N) is 2. The first-order chi connectivity index (χ1) is 11.7. The van der Waals surface area contributed by atoms with Crippen LogP contribution in [0.2, 0.25) is 0 Å². The van der Waals surface area contributed by atoms with Gasteiger partial charge in [-0.2, -0.15) is 0 Å². The Balaban J connectivity index is 1.59. The van der Waals surface area contributed by atoms with Crippen LogP contribution < -0.4 is 14.2 Å². The second-order valence-corrected chi connectivity index (χ2v) is 6.38. The van der Waals surface area contributed by atoms with Crippen LogP contribution in [0.15, 0.2) is 22.7 Å². The Hall–Kier alpha value is -2.21. The van der Waals surface area contributed by atoms with Crippen LogP contribution in [0.1, 0.15) is 42.3 Å². The highest BCUT2D eigenvalue weighted by Gasteiger charge is 2.28. The molecule has 2 aliphatic heterocycles. The standard InChI is InChI=1S/C18H22N2O4/c1-12-7-14(19-24-12)15-5-3-4-6-20(15)10-13-8-16(21-2)18-17(9-13)22-11-23-18/h7-9,15H,3-6,10-11H2,1-2H3/t15-/m0/s1. The van der Waals surface area contributed by atoms with E-state index < -0.39 is 0 Å². The largest absolute Gasteiger partial charge is 0.493 e. The number of hydrogen-bond donors (Lipinski definition) is 0. The van der Waals surface area contributed by atoms with E-state index in [1.165, 1.54) is 12.8 Å². The van der Waals surface area contributed by atoms with Crippen molar-refractivity contribution in [3.63, 3.8) is 0 Å². The molecule has 0 radical (unpaired) electrons. The van der Waals surface area contributed by atoms with Gasteiger partial charge in [0.2, 0.25) is 12.5 Å². The van der Waals surface area contributed by atoms with E-state index in [2.05, 4.69) is 10.1 Å². The summed E-state index contributed by atoms with van der Waals surface area (Å²) in [6.07, 6.45) is 3.53. The van der Waals surface area contributed by atoms with Gasteiger partial charge in [-0.15, -0.1) is 0 Å². The number of ether oxygens (including phenoxy) is 3. The number of likely N-dealkylation sites (tertiary alicyclic amines) is 1. The SMILES string of the molecule is COc1cc(CN2CCCC[C@H]2c2cc(C)on2)cc2c1OCO2. The molecule has 128 valence electrons. The van der Waals surface area contributed by atoms with Gasteiger partial charge < -0.3 is 18.7 Å². The molecule has 0 spiro atoms. The summed E-state index contributed by atoms with van der Waals surface area (Å²) in [4.78, 5) is 2.46. The van der Waals surface area contributed by atoms with E-state index in [0.717, 1.165) is 48.0 Å². The van der Waals surface area contributed by atoms with Crippen molar-refractivity contribution in [1.29, 1.82) is 0 Å². The van der Waals surface area contributed by atoms with Crippen LogP contribution in [0.4, 0.5) is 0 Å². The maximum atomic E-state index is 5.54. The van der Waals surface area contributed by atoms with Crippen molar-refractivity contribution in [1.82, 2.24) is 10.1 Å². The first kappa shape index (κ1) is 15.3. The van der Waals surface area contributed by atoms with Gasteiger partial charge in [0.1, 0.15) is 11.5 Å². The average molecular weight is 330 g/mol. The van der Waals surface area contributed by atoms with Crippen LogP contribution >= 0.6 is 0 Å². The molecule has 2 aliphatic rings. The van der Waals surface area contributed by atoms with Crippen LogP contribution in [0.3, 0.4) is 0 Å². The number of aryl methyl sites for hydroxylation is 1. The van der Waals surface area contributed by atoms with E-state index in [0.29, 0.717) is 11.8 Å². The van der Waals surface area contributed by atoms with Crippen LogP contribution in [-0.2, 0) is 6.54 Å². The third-order valence-corrected chi connectivity index (χ3v) is 4.71. The molecule has 1 atom stereocenters. The molecule has 24 heavy (non-hydrogen) atoms. The lowest BCUT2D eigenvalue weighted by Crippen LogP contribution is -2.33. The van der Waals surface area contributed by atoms with Gasteiger partial charge in [0.25, 0.3) is 0 Å². The lowest BCUT2D eigenvalue weighted by atomic mass is 9.98. The molecule has 0 N–H and O–H groups in total. The summed E-state index contributed by atoms with van der Waals surface area (Å²) >= 11 is 0. The lowest BCUT2D eigenvalue weighted by Gasteiger charge is -2.34. The first-order valence-electron chi connectivity index (χ1n) is 8.38. The molecule has 0 aliphatic carbocycles. The van der Waals surface area contributed by atoms with Crippen molar-refractivity contribution < 1.29 is 18.7 Å². The molecular weight excluding hydrogens is 308 g/mol. The van der Waals surface area contributed by atoms with Crippen molar-refractivity contribution in [2.45, 2.75) is 38.8 Å². The lowest BCUT2D eigenvalue weighted by molar-refractivity contribution is 0.133. The molecule has 1 aromatic heterocycles. The molecule has 3 heterocycles. The summed E-state index contributed by atoms with van der Waals surface area (Å²) in [6.45, 7) is 4.06. The first-order valence-corrected chi connectivity index (χ1v) is 8.38. The topological polar surface area (TPSA) is 57.0 Å². The summed E-state index contributed by atoms with van der Waals surface area (Å²) in [5, 5.41) is 4.24. The van der Waals surface area contributed by atoms with E-state index in [-0.39, 0.29) is 6.79 Å². The van der Waals surface area contributed by atoms with Crippen molar-refractivity contribution in [3.05, 3.63) is 35.2 Å². The molecule has 1 aromatic carbocycles. The van der Waals surface area contributed by atoms with E-state index >= 15 is 0 Å². The highest BCUT2D eigenvalue weighted by atomic mass is 16.7. The Morgan fingerprint density at radius 2 is 2.17 bits per heavy atom. The van der Waals surface area contributed by atoms with Crippen LogP contribution in [-0.4, -0.2) is 30.5 Å². The number of piperidine rings is 1. The summed E-state index contributed by atoms with van der Waals surface area (Å²) in [7, 11) is 1.66. The summed E-state index contributed by atoms with van der Waals surface area (Å²) in [6, 6.07) is 6.42. The zero-order valence-electron chi connectivity index (χ0n) is 14.1. The Kier molecular flexibility index (Phi) is 4.06. The third kappa shape index (κ3) is 2.82. The number of hydrogen-bond acceptors (Lipinski definition) is 6. The van der Waals surface area contributed by atoms with Gasteiger partial charge in [0, 0.05) is 12.6 Å². The highest BCUT2D eigenvalue weighted by molar-refractivity contribution is 5.55. The fraction of sp³-hybridized carbons (Fsp3) is 0.500. The second kappa shape index (κ2) is 6.36. The Bertz CT molecular complexity index is 728. The van der Waals surface area contributed by atoms with Crippen LogP contribution in [0.25, 0.3) is 0 Å². The zero-order chi connectivity index (χ0) is 16.5. The van der Waals surface area contributed by atoms with E-state index in [1.807, 2.05) is 25.1 Å². The molecule has 6 nitrogen and oxygen atoms in total. The van der Waals surface area contributed by atoms with Gasteiger partial charge in [-0.25, -0.2) is 0 Å². The minimum absolute atomic E-state index is 0.250. The summed E-state index contributed by atoms with van der Waals surface area (Å²) < 4.78 is 21.7. The molecule has 0 amide bonds. The van der Waals surface area contributed by atoms with Gasteiger partial charge in [-0.1, -0.05) is 11.6 Å². The quantitative estimate of drug-likeness (QED) is 0.856. The minimum Gasteiger partial charge on any atom is -0.493 e. The normalized spacial score (nSPS) is 20.3. The third-order valence-electron chi connectivity index (χ3n) is 4.71. The van der Waals surface area contributed by atoms with Gasteiger partial charge in [0.05, 0.1) is 13.2 Å². The van der Waals surface area contributed by atoms with Crippen molar-refractivity contribution in [3.8, 4) is 17.2 Å². The Morgan fingerprint density at radius 1 is 1.25 bits per heavy atom. The molecule has 4 rings (SSSR count). The number of methoxy groups -OCH3 is 1. The molecule has 0 unspecified atom stereocenters. The predicted octanol–water partition coefficient (Wildman–Crippen LogP) is 3.45. The maximum Gasteiger partial charge on any atom is 0.231 e. The van der Waals surface area contributed by atoms with Gasteiger partial charge in [-0.05, 0) is 44.0 Å². The second-order valence-electron chi connectivity index (χ2n) is 6.38. The number of rotatable bonds is 4. The van der Waals surface area contributed by atoms with Gasteiger partial charge >= 0.3 is 0 Å². The average Bonchev–Trinajstić information content (AvgIpc) is 3.23. The molecule has 1 saturated heterocycles. The molecule has 2 aromatic rings. The minimum atomic E-state index is 0.250.